The van der Waals surface area contributed by atoms with Crippen molar-refractivity contribution >= 4 is 26.8 Å². The molecular formula is C13H10F3NO6S. The smallest absolute Gasteiger partial charge is 0.437 e. The SMILES string of the molecule is COc1cccc2cc(/C(=N\OS(C)(=O)=O)C(F)(F)F)c(=O)oc12. The summed E-state index contributed by atoms with van der Waals surface area (Å²) in [6.45, 7) is 0. The van der Waals surface area contributed by atoms with Crippen LogP contribution < -0.4 is 10.4 Å². The van der Waals surface area contributed by atoms with E-state index in [1.807, 2.05) is 0 Å². The summed E-state index contributed by atoms with van der Waals surface area (Å²) < 4.78 is 74.6. The molecule has 0 fully saturated rings. The number of hydrogen-bond donors (Lipinski definition) is 0. The maximum atomic E-state index is 13.1. The molecule has 0 radical (unpaired) electrons. The highest BCUT2D eigenvalue weighted by molar-refractivity contribution is 7.85. The fourth-order valence-corrected chi connectivity index (χ4v) is 2.01. The number of nitrogens with zero attached hydrogens (tertiary/aromatic N) is 1. The van der Waals surface area contributed by atoms with Crippen LogP contribution in [-0.2, 0) is 14.4 Å². The van der Waals surface area contributed by atoms with Crippen molar-refractivity contribution in [2.45, 2.75) is 6.18 Å². The van der Waals surface area contributed by atoms with Crippen LogP contribution in [0.5, 0.6) is 5.75 Å². The van der Waals surface area contributed by atoms with Gasteiger partial charge in [0.25, 0.3) is 0 Å². The maximum Gasteiger partial charge on any atom is 0.437 e. The zero-order chi connectivity index (χ0) is 18.1. The summed E-state index contributed by atoms with van der Waals surface area (Å²) in [4.78, 5) is 11.9. The van der Waals surface area contributed by atoms with Crippen LogP contribution in [0.1, 0.15) is 5.56 Å². The van der Waals surface area contributed by atoms with Crippen LogP contribution in [0, 0.1) is 0 Å². The number of para-hydroxylation sites is 1. The lowest BCUT2D eigenvalue weighted by molar-refractivity contribution is -0.0598. The van der Waals surface area contributed by atoms with Gasteiger partial charge in [-0.3, -0.25) is 4.28 Å². The minimum atomic E-state index is -5.15. The standard InChI is InChI=1S/C13H10F3NO6S/c1-21-9-5-3-4-7-6-8(12(18)22-10(7)9)11(13(14,15)16)17-23-24(2,19)20/h3-6H,1-2H3/b17-11+. The van der Waals surface area contributed by atoms with Gasteiger partial charge in [0.15, 0.2) is 17.0 Å². The zero-order valence-corrected chi connectivity index (χ0v) is 13.1. The molecule has 1 aromatic carbocycles. The summed E-state index contributed by atoms with van der Waals surface area (Å²) in [6, 6.07) is 5.18. The van der Waals surface area contributed by atoms with Crippen molar-refractivity contribution in [3.63, 3.8) is 0 Å². The Hall–Kier alpha value is -2.56. The normalized spacial score (nSPS) is 13.1. The minimum Gasteiger partial charge on any atom is -0.493 e. The van der Waals surface area contributed by atoms with Gasteiger partial charge in [0.1, 0.15) is 0 Å². The Labute approximate surface area is 133 Å². The molecule has 2 aromatic rings. The molecule has 2 rings (SSSR count). The molecule has 7 nitrogen and oxygen atoms in total. The summed E-state index contributed by atoms with van der Waals surface area (Å²) in [7, 11) is -3.00. The van der Waals surface area contributed by atoms with Crippen LogP contribution in [0.2, 0.25) is 0 Å². The Kier molecular flexibility index (Phi) is 4.56. The Morgan fingerprint density at radius 2 is 1.96 bits per heavy atom. The van der Waals surface area contributed by atoms with Gasteiger partial charge in [-0.15, -0.1) is 0 Å². The van der Waals surface area contributed by atoms with E-state index in [1.165, 1.54) is 25.3 Å². The van der Waals surface area contributed by atoms with E-state index in [0.29, 0.717) is 6.26 Å². The Bertz CT molecular complexity index is 962. The number of benzene rings is 1. The first-order chi connectivity index (χ1) is 11.0. The summed E-state index contributed by atoms with van der Waals surface area (Å²) in [5, 5.41) is 2.68. The van der Waals surface area contributed by atoms with Gasteiger partial charge in [0.2, 0.25) is 0 Å². The first-order valence-electron chi connectivity index (χ1n) is 6.18. The molecule has 0 bridgehead atoms. The van der Waals surface area contributed by atoms with Crippen molar-refractivity contribution in [1.29, 1.82) is 0 Å². The molecule has 0 unspecified atom stereocenters. The Morgan fingerprint density at radius 3 is 2.50 bits per heavy atom. The lowest BCUT2D eigenvalue weighted by Crippen LogP contribution is -2.29. The Balaban J connectivity index is 2.71. The van der Waals surface area contributed by atoms with Crippen LogP contribution in [0.25, 0.3) is 11.0 Å². The fourth-order valence-electron chi connectivity index (χ4n) is 1.80. The van der Waals surface area contributed by atoms with Crippen LogP contribution in [0.3, 0.4) is 0 Å². The number of rotatable bonds is 4. The van der Waals surface area contributed by atoms with E-state index in [4.69, 9.17) is 9.15 Å². The highest BCUT2D eigenvalue weighted by Crippen LogP contribution is 2.27. The molecule has 0 aliphatic carbocycles. The molecule has 0 aliphatic heterocycles. The van der Waals surface area contributed by atoms with Crippen molar-refractivity contribution in [3.8, 4) is 5.75 Å². The van der Waals surface area contributed by atoms with Crippen molar-refractivity contribution in [2.75, 3.05) is 13.4 Å². The maximum absolute atomic E-state index is 13.1. The number of halogens is 3. The predicted molar refractivity (Wildman–Crippen MR) is 77.6 cm³/mol. The number of hydrogen-bond acceptors (Lipinski definition) is 7. The van der Waals surface area contributed by atoms with Gasteiger partial charge in [0, 0.05) is 5.39 Å². The molecular weight excluding hydrogens is 355 g/mol. The van der Waals surface area contributed by atoms with Gasteiger partial charge in [-0.05, 0) is 12.1 Å². The van der Waals surface area contributed by atoms with Gasteiger partial charge in [-0.1, -0.05) is 17.3 Å². The first kappa shape index (κ1) is 17.8. The number of oxime groups is 1. The lowest BCUT2D eigenvalue weighted by atomic mass is 10.1. The van der Waals surface area contributed by atoms with E-state index in [9.17, 15) is 26.4 Å². The summed E-state index contributed by atoms with van der Waals surface area (Å²) >= 11 is 0. The molecule has 130 valence electrons. The van der Waals surface area contributed by atoms with Crippen molar-refractivity contribution < 1.29 is 35.0 Å². The number of methoxy groups -OCH3 is 1. The number of ether oxygens (including phenoxy) is 1. The molecule has 0 saturated carbocycles. The minimum absolute atomic E-state index is 0.0562. The average Bonchev–Trinajstić information content (AvgIpc) is 2.44. The zero-order valence-electron chi connectivity index (χ0n) is 12.2. The second kappa shape index (κ2) is 6.15. The molecule has 0 aliphatic rings. The molecule has 24 heavy (non-hydrogen) atoms. The second-order valence-electron chi connectivity index (χ2n) is 4.54. The van der Waals surface area contributed by atoms with Crippen LogP contribution in [-0.4, -0.2) is 33.7 Å². The van der Waals surface area contributed by atoms with E-state index in [0.717, 1.165) is 6.07 Å². The van der Waals surface area contributed by atoms with Gasteiger partial charge in [-0.25, -0.2) is 4.79 Å². The van der Waals surface area contributed by atoms with E-state index in [2.05, 4.69) is 9.44 Å². The van der Waals surface area contributed by atoms with E-state index in [-0.39, 0.29) is 16.7 Å². The van der Waals surface area contributed by atoms with Gasteiger partial charge in [-0.2, -0.15) is 21.6 Å². The van der Waals surface area contributed by atoms with Gasteiger partial charge < -0.3 is 9.15 Å². The van der Waals surface area contributed by atoms with Crippen molar-refractivity contribution in [2.24, 2.45) is 5.16 Å². The highest BCUT2D eigenvalue weighted by atomic mass is 32.2. The summed E-state index contributed by atoms with van der Waals surface area (Å²) in [5.41, 5.74) is -4.25. The third-order valence-electron chi connectivity index (χ3n) is 2.73. The van der Waals surface area contributed by atoms with Gasteiger partial charge >= 0.3 is 21.9 Å². The molecule has 0 N–H and O–H groups in total. The van der Waals surface area contributed by atoms with E-state index >= 15 is 0 Å². The lowest BCUT2D eigenvalue weighted by Gasteiger charge is -2.10. The quantitative estimate of drug-likeness (QED) is 0.467. The molecule has 0 atom stereocenters. The second-order valence-corrected chi connectivity index (χ2v) is 6.10. The third-order valence-corrected chi connectivity index (χ3v) is 3.08. The predicted octanol–water partition coefficient (Wildman–Crippen LogP) is 2.04. The molecule has 0 saturated heterocycles. The largest absolute Gasteiger partial charge is 0.493 e. The average molecular weight is 365 g/mol. The topological polar surface area (TPSA) is 95.2 Å². The molecule has 0 spiro atoms. The summed E-state index contributed by atoms with van der Waals surface area (Å²) in [6.07, 6.45) is -4.63. The molecule has 0 amide bonds. The number of alkyl halides is 3. The molecule has 11 heteroatoms. The molecule has 1 heterocycles. The highest BCUT2D eigenvalue weighted by Gasteiger charge is 2.40. The Morgan fingerprint density at radius 1 is 1.29 bits per heavy atom. The fraction of sp³-hybridized carbons (Fsp3) is 0.231. The third kappa shape index (κ3) is 3.85. The first-order valence-corrected chi connectivity index (χ1v) is 7.99. The number of fused-ring (bicyclic) bond motifs is 1. The van der Waals surface area contributed by atoms with Crippen molar-refractivity contribution in [1.82, 2.24) is 0 Å². The monoisotopic (exact) mass is 365 g/mol. The molecule has 1 aromatic heterocycles. The van der Waals surface area contributed by atoms with Gasteiger partial charge in [0.05, 0.1) is 18.9 Å². The van der Waals surface area contributed by atoms with E-state index < -0.39 is 33.2 Å². The van der Waals surface area contributed by atoms with E-state index in [1.54, 1.807) is 0 Å². The van der Waals surface area contributed by atoms with Crippen LogP contribution >= 0.6 is 0 Å². The van der Waals surface area contributed by atoms with Crippen LogP contribution in [0.4, 0.5) is 13.2 Å². The summed E-state index contributed by atoms with van der Waals surface area (Å²) in [5.74, 6) is 0.147. The van der Waals surface area contributed by atoms with Crippen molar-refractivity contribution in [3.05, 3.63) is 40.2 Å². The van der Waals surface area contributed by atoms with Crippen LogP contribution in [0.15, 0.2) is 38.6 Å².